The van der Waals surface area contributed by atoms with Crippen molar-refractivity contribution in [1.82, 2.24) is 0 Å². The minimum atomic E-state index is -0.701. The number of nitrogens with two attached hydrogens (primary N) is 1. The van der Waals surface area contributed by atoms with Crippen LogP contribution >= 0.6 is 0 Å². The first kappa shape index (κ1) is 9.21. The van der Waals surface area contributed by atoms with E-state index in [4.69, 9.17) is 10.2 Å². The lowest BCUT2D eigenvalue weighted by atomic mass is 9.92. The van der Waals surface area contributed by atoms with E-state index in [0.29, 0.717) is 11.1 Å². The van der Waals surface area contributed by atoms with Gasteiger partial charge in [0.2, 0.25) is 0 Å². The Kier molecular flexibility index (Phi) is 1.86. The Morgan fingerprint density at radius 1 is 1.29 bits per heavy atom. The summed E-state index contributed by atoms with van der Waals surface area (Å²) in [5.41, 5.74) is 6.37. The Hall–Kier alpha value is -1.35. The molecule has 0 spiro atoms. The Labute approximate surface area is 81.5 Å². The Morgan fingerprint density at radius 2 is 2.00 bits per heavy atom. The molecule has 0 aliphatic heterocycles. The fraction of sp³-hybridized carbons (Fsp3) is 0.273. The van der Waals surface area contributed by atoms with Gasteiger partial charge in [0, 0.05) is 16.5 Å². The second-order valence-corrected chi connectivity index (χ2v) is 3.98. The highest BCUT2D eigenvalue weighted by Crippen LogP contribution is 2.29. The van der Waals surface area contributed by atoms with Gasteiger partial charge in [-0.15, -0.1) is 0 Å². The van der Waals surface area contributed by atoms with Crippen LogP contribution in [0.15, 0.2) is 28.9 Å². The molecule has 74 valence electrons. The van der Waals surface area contributed by atoms with Gasteiger partial charge >= 0.3 is 0 Å². The molecule has 0 radical (unpaired) electrons. The van der Waals surface area contributed by atoms with Gasteiger partial charge in [-0.3, -0.25) is 0 Å². The van der Waals surface area contributed by atoms with Crippen LogP contribution in [0.4, 0.5) is 4.39 Å². The zero-order valence-corrected chi connectivity index (χ0v) is 8.17. The molecule has 0 atom stereocenters. The Morgan fingerprint density at radius 3 is 2.64 bits per heavy atom. The third-order valence-corrected chi connectivity index (χ3v) is 2.23. The smallest absolute Gasteiger partial charge is 0.134 e. The maximum absolute atomic E-state index is 13.6. The normalized spacial score (nSPS) is 12.3. The molecule has 2 rings (SSSR count). The number of benzene rings is 1. The number of hydrogen-bond donors (Lipinski definition) is 1. The van der Waals surface area contributed by atoms with Gasteiger partial charge in [0.1, 0.15) is 11.4 Å². The summed E-state index contributed by atoms with van der Waals surface area (Å²) < 4.78 is 18.8. The number of furan rings is 1. The van der Waals surface area contributed by atoms with E-state index in [1.807, 2.05) is 0 Å². The van der Waals surface area contributed by atoms with E-state index in [1.54, 1.807) is 32.2 Å². The van der Waals surface area contributed by atoms with Crippen LogP contribution in [0.25, 0.3) is 11.0 Å². The van der Waals surface area contributed by atoms with Crippen LogP contribution in [0.2, 0.25) is 0 Å². The summed E-state index contributed by atoms with van der Waals surface area (Å²) in [5.74, 6) is -0.286. The van der Waals surface area contributed by atoms with E-state index in [9.17, 15) is 4.39 Å². The van der Waals surface area contributed by atoms with Crippen molar-refractivity contribution in [3.63, 3.8) is 0 Å². The topological polar surface area (TPSA) is 39.2 Å². The summed E-state index contributed by atoms with van der Waals surface area (Å²) in [6, 6.07) is 4.73. The van der Waals surface area contributed by atoms with Crippen molar-refractivity contribution in [3.8, 4) is 0 Å². The van der Waals surface area contributed by atoms with Crippen molar-refractivity contribution < 1.29 is 8.81 Å². The van der Waals surface area contributed by atoms with Crippen LogP contribution in [0, 0.1) is 5.82 Å². The van der Waals surface area contributed by atoms with Crippen molar-refractivity contribution in [1.29, 1.82) is 0 Å². The lowest BCUT2D eigenvalue weighted by molar-refractivity contribution is 0.506. The van der Waals surface area contributed by atoms with Crippen LogP contribution in [-0.4, -0.2) is 0 Å². The predicted octanol–water partition coefficient (Wildman–Crippen LogP) is 2.77. The second-order valence-electron chi connectivity index (χ2n) is 3.98. The molecule has 1 aromatic heterocycles. The van der Waals surface area contributed by atoms with E-state index in [0.717, 1.165) is 5.39 Å². The molecular formula is C11H12FNO. The lowest BCUT2D eigenvalue weighted by Gasteiger charge is -2.20. The molecule has 0 bridgehead atoms. The van der Waals surface area contributed by atoms with Crippen LogP contribution in [-0.2, 0) is 5.54 Å². The zero-order valence-electron chi connectivity index (χ0n) is 8.17. The molecule has 0 unspecified atom stereocenters. The molecule has 2 N–H and O–H groups in total. The largest absolute Gasteiger partial charge is 0.464 e. The van der Waals surface area contributed by atoms with Gasteiger partial charge in [0.25, 0.3) is 0 Å². The molecule has 2 nitrogen and oxygen atoms in total. The molecule has 2 aromatic rings. The fourth-order valence-electron chi connectivity index (χ4n) is 1.67. The quantitative estimate of drug-likeness (QED) is 0.756. The zero-order chi connectivity index (χ0) is 10.3. The van der Waals surface area contributed by atoms with E-state index >= 15 is 0 Å². The summed E-state index contributed by atoms with van der Waals surface area (Å²) >= 11 is 0. The molecule has 14 heavy (non-hydrogen) atoms. The molecule has 0 saturated carbocycles. The summed E-state index contributed by atoms with van der Waals surface area (Å²) in [5, 5.41) is 0.748. The average Bonchev–Trinajstić information content (AvgIpc) is 2.48. The third kappa shape index (κ3) is 1.30. The average molecular weight is 193 g/mol. The van der Waals surface area contributed by atoms with Crippen molar-refractivity contribution in [3.05, 3.63) is 35.8 Å². The molecule has 0 aliphatic rings. The van der Waals surface area contributed by atoms with E-state index in [2.05, 4.69) is 0 Å². The molecule has 1 aromatic carbocycles. The van der Waals surface area contributed by atoms with Crippen LogP contribution in [0.5, 0.6) is 0 Å². The molecule has 3 heteroatoms. The highest BCUT2D eigenvalue weighted by Gasteiger charge is 2.22. The first-order chi connectivity index (χ1) is 6.50. The maximum Gasteiger partial charge on any atom is 0.134 e. The molecule has 0 aliphatic carbocycles. The van der Waals surface area contributed by atoms with Gasteiger partial charge in [-0.2, -0.15) is 0 Å². The van der Waals surface area contributed by atoms with Crippen LogP contribution in [0.3, 0.4) is 0 Å². The van der Waals surface area contributed by atoms with Gasteiger partial charge in [0.15, 0.2) is 0 Å². The van der Waals surface area contributed by atoms with Gasteiger partial charge < -0.3 is 10.2 Å². The molecule has 0 fully saturated rings. The Balaban J connectivity index is 2.83. The number of fused-ring (bicyclic) bond motifs is 1. The van der Waals surface area contributed by atoms with Crippen molar-refractivity contribution >= 4 is 11.0 Å². The summed E-state index contributed by atoms with van der Waals surface area (Å²) in [7, 11) is 0. The Bertz CT molecular complexity index is 468. The standard InChI is InChI=1S/C11H12FNO/c1-11(2,13)10-7-5-6-14-9(7)4-3-8(10)12/h3-6H,13H2,1-2H3. The highest BCUT2D eigenvalue weighted by molar-refractivity contribution is 5.82. The van der Waals surface area contributed by atoms with E-state index < -0.39 is 5.54 Å². The monoisotopic (exact) mass is 193 g/mol. The SMILES string of the molecule is CC(C)(N)c1c(F)ccc2occc12. The van der Waals surface area contributed by atoms with Crippen molar-refractivity contribution in [2.45, 2.75) is 19.4 Å². The second kappa shape index (κ2) is 2.82. The molecule has 0 saturated heterocycles. The first-order valence-corrected chi connectivity index (χ1v) is 4.45. The number of hydrogen-bond acceptors (Lipinski definition) is 2. The van der Waals surface area contributed by atoms with Gasteiger partial charge in [-0.05, 0) is 32.0 Å². The first-order valence-electron chi connectivity index (χ1n) is 4.45. The third-order valence-electron chi connectivity index (χ3n) is 2.23. The van der Waals surface area contributed by atoms with E-state index in [-0.39, 0.29) is 5.82 Å². The van der Waals surface area contributed by atoms with Crippen molar-refractivity contribution in [2.24, 2.45) is 5.73 Å². The summed E-state index contributed by atoms with van der Waals surface area (Å²) in [6.45, 7) is 3.55. The van der Waals surface area contributed by atoms with Gasteiger partial charge in [-0.1, -0.05) is 0 Å². The number of rotatable bonds is 1. The molecule has 0 amide bonds. The number of halogens is 1. The molecule has 1 heterocycles. The van der Waals surface area contributed by atoms with Crippen molar-refractivity contribution in [2.75, 3.05) is 0 Å². The fourth-order valence-corrected chi connectivity index (χ4v) is 1.67. The minimum absolute atomic E-state index is 0.286. The van der Waals surface area contributed by atoms with Crippen LogP contribution < -0.4 is 5.73 Å². The van der Waals surface area contributed by atoms with E-state index in [1.165, 1.54) is 6.07 Å². The van der Waals surface area contributed by atoms with Gasteiger partial charge in [-0.25, -0.2) is 4.39 Å². The van der Waals surface area contributed by atoms with Crippen LogP contribution in [0.1, 0.15) is 19.4 Å². The summed E-state index contributed by atoms with van der Waals surface area (Å²) in [4.78, 5) is 0. The minimum Gasteiger partial charge on any atom is -0.464 e. The lowest BCUT2D eigenvalue weighted by Crippen LogP contribution is -2.30. The van der Waals surface area contributed by atoms with Gasteiger partial charge in [0.05, 0.1) is 6.26 Å². The maximum atomic E-state index is 13.6. The molecular weight excluding hydrogens is 181 g/mol. The highest BCUT2D eigenvalue weighted by atomic mass is 19.1. The summed E-state index contributed by atoms with van der Waals surface area (Å²) in [6.07, 6.45) is 1.54. The predicted molar refractivity (Wildman–Crippen MR) is 53.4 cm³/mol.